The summed E-state index contributed by atoms with van der Waals surface area (Å²) < 4.78 is 0. The van der Waals surface area contributed by atoms with E-state index in [2.05, 4.69) is 17.2 Å². The zero-order valence-electron chi connectivity index (χ0n) is 9.18. The lowest BCUT2D eigenvalue weighted by Crippen LogP contribution is -2.37. The first-order valence-corrected chi connectivity index (χ1v) is 6.32. The highest BCUT2D eigenvalue weighted by molar-refractivity contribution is 7.99. The van der Waals surface area contributed by atoms with Crippen molar-refractivity contribution < 1.29 is 5.11 Å². The van der Waals surface area contributed by atoms with Crippen LogP contribution in [0.1, 0.15) is 12.5 Å². The third-order valence-electron chi connectivity index (χ3n) is 2.39. The van der Waals surface area contributed by atoms with Gasteiger partial charge in [0.05, 0.1) is 6.61 Å². The third-order valence-corrected chi connectivity index (χ3v) is 3.55. The SMILES string of the molecule is CSC(CO)C(C)NCc1cccnc1. The number of aliphatic hydroxyl groups excluding tert-OH is 1. The van der Waals surface area contributed by atoms with Gasteiger partial charge in [-0.25, -0.2) is 0 Å². The fourth-order valence-corrected chi connectivity index (χ4v) is 2.00. The van der Waals surface area contributed by atoms with Crippen LogP contribution in [-0.4, -0.2) is 34.2 Å². The zero-order chi connectivity index (χ0) is 11.1. The van der Waals surface area contributed by atoms with Crippen molar-refractivity contribution in [1.82, 2.24) is 10.3 Å². The Morgan fingerprint density at radius 2 is 2.40 bits per heavy atom. The van der Waals surface area contributed by atoms with Crippen LogP contribution in [0, 0.1) is 0 Å². The fraction of sp³-hybridized carbons (Fsp3) is 0.545. The lowest BCUT2D eigenvalue weighted by atomic mass is 10.2. The van der Waals surface area contributed by atoms with Crippen molar-refractivity contribution in [3.8, 4) is 0 Å². The summed E-state index contributed by atoms with van der Waals surface area (Å²) in [5.41, 5.74) is 1.17. The molecule has 0 spiro atoms. The predicted molar refractivity (Wildman–Crippen MR) is 64.9 cm³/mol. The number of hydrogen-bond donors (Lipinski definition) is 2. The Labute approximate surface area is 95.3 Å². The van der Waals surface area contributed by atoms with E-state index in [1.165, 1.54) is 5.56 Å². The molecule has 0 amide bonds. The molecule has 2 unspecified atom stereocenters. The van der Waals surface area contributed by atoms with Crippen molar-refractivity contribution in [3.05, 3.63) is 30.1 Å². The first-order valence-electron chi connectivity index (χ1n) is 5.04. The van der Waals surface area contributed by atoms with Gasteiger partial charge in [-0.15, -0.1) is 0 Å². The molecule has 1 heterocycles. The molecule has 0 aliphatic heterocycles. The lowest BCUT2D eigenvalue weighted by molar-refractivity contribution is 0.276. The summed E-state index contributed by atoms with van der Waals surface area (Å²) in [6.07, 6.45) is 5.64. The molecule has 0 saturated heterocycles. The topological polar surface area (TPSA) is 45.1 Å². The van der Waals surface area contributed by atoms with E-state index in [9.17, 15) is 0 Å². The molecule has 0 saturated carbocycles. The molecular weight excluding hydrogens is 208 g/mol. The van der Waals surface area contributed by atoms with Gasteiger partial charge in [0.25, 0.3) is 0 Å². The van der Waals surface area contributed by atoms with E-state index >= 15 is 0 Å². The summed E-state index contributed by atoms with van der Waals surface area (Å²) in [5, 5.41) is 12.8. The molecule has 0 aromatic carbocycles. The predicted octanol–water partition coefficient (Wildman–Crippen LogP) is 1.28. The molecule has 0 fully saturated rings. The van der Waals surface area contributed by atoms with Crippen LogP contribution in [0.25, 0.3) is 0 Å². The molecule has 0 bridgehead atoms. The van der Waals surface area contributed by atoms with E-state index in [0.717, 1.165) is 6.54 Å². The number of nitrogens with zero attached hydrogens (tertiary/aromatic N) is 1. The third kappa shape index (κ3) is 4.20. The van der Waals surface area contributed by atoms with Crippen LogP contribution in [-0.2, 0) is 6.54 Å². The van der Waals surface area contributed by atoms with Crippen LogP contribution in [0.15, 0.2) is 24.5 Å². The van der Waals surface area contributed by atoms with Gasteiger partial charge in [-0.3, -0.25) is 4.98 Å². The van der Waals surface area contributed by atoms with E-state index in [0.29, 0.717) is 6.04 Å². The number of nitrogens with one attached hydrogen (secondary N) is 1. The second kappa shape index (κ2) is 6.82. The molecule has 3 nitrogen and oxygen atoms in total. The average molecular weight is 226 g/mol. The van der Waals surface area contributed by atoms with Crippen molar-refractivity contribution in [1.29, 1.82) is 0 Å². The van der Waals surface area contributed by atoms with Gasteiger partial charge in [0.2, 0.25) is 0 Å². The smallest absolute Gasteiger partial charge is 0.0564 e. The van der Waals surface area contributed by atoms with Crippen molar-refractivity contribution in [2.45, 2.75) is 24.8 Å². The number of rotatable bonds is 6. The minimum absolute atomic E-state index is 0.211. The first kappa shape index (κ1) is 12.5. The molecular formula is C11H18N2OS. The molecule has 1 rings (SSSR count). The molecule has 1 aromatic heterocycles. The van der Waals surface area contributed by atoms with Gasteiger partial charge in [-0.1, -0.05) is 6.07 Å². The fourth-order valence-electron chi connectivity index (χ4n) is 1.35. The molecule has 0 aliphatic rings. The molecule has 2 atom stereocenters. The Morgan fingerprint density at radius 1 is 1.60 bits per heavy atom. The number of hydrogen-bond acceptors (Lipinski definition) is 4. The normalized spacial score (nSPS) is 14.9. The first-order chi connectivity index (χ1) is 7.27. The summed E-state index contributed by atoms with van der Waals surface area (Å²) in [7, 11) is 0. The van der Waals surface area contributed by atoms with Crippen molar-refractivity contribution in [2.75, 3.05) is 12.9 Å². The van der Waals surface area contributed by atoms with E-state index in [1.54, 1.807) is 18.0 Å². The summed E-state index contributed by atoms with van der Waals surface area (Å²) in [4.78, 5) is 4.05. The van der Waals surface area contributed by atoms with Crippen molar-refractivity contribution in [2.24, 2.45) is 0 Å². The number of aromatic nitrogens is 1. The number of pyridine rings is 1. The zero-order valence-corrected chi connectivity index (χ0v) is 10.00. The Kier molecular flexibility index (Phi) is 5.68. The van der Waals surface area contributed by atoms with E-state index in [1.807, 2.05) is 24.6 Å². The summed E-state index contributed by atoms with van der Waals surface area (Å²) in [6, 6.07) is 4.27. The second-order valence-corrected chi connectivity index (χ2v) is 4.56. The van der Waals surface area contributed by atoms with Gasteiger partial charge in [-0.05, 0) is 24.8 Å². The standard InChI is InChI=1S/C11H18N2OS/c1-9(11(8-14)15-2)13-7-10-4-3-5-12-6-10/h3-6,9,11,13-14H,7-8H2,1-2H3. The molecule has 0 radical (unpaired) electrons. The molecule has 15 heavy (non-hydrogen) atoms. The summed E-state index contributed by atoms with van der Waals surface area (Å²) in [6.45, 7) is 3.10. The Bertz CT molecular complexity index is 265. The Morgan fingerprint density at radius 3 is 2.93 bits per heavy atom. The van der Waals surface area contributed by atoms with Crippen molar-refractivity contribution in [3.63, 3.8) is 0 Å². The number of thioether (sulfide) groups is 1. The van der Waals surface area contributed by atoms with Crippen LogP contribution in [0.2, 0.25) is 0 Å². The van der Waals surface area contributed by atoms with Crippen LogP contribution >= 0.6 is 11.8 Å². The largest absolute Gasteiger partial charge is 0.395 e. The minimum atomic E-state index is 0.211. The highest BCUT2D eigenvalue weighted by Gasteiger charge is 2.13. The summed E-state index contributed by atoms with van der Waals surface area (Å²) in [5.74, 6) is 0. The number of aliphatic hydroxyl groups is 1. The van der Waals surface area contributed by atoms with Crippen LogP contribution in [0.5, 0.6) is 0 Å². The van der Waals surface area contributed by atoms with Crippen LogP contribution < -0.4 is 5.32 Å². The maximum absolute atomic E-state index is 9.12. The van der Waals surface area contributed by atoms with Crippen molar-refractivity contribution >= 4 is 11.8 Å². The van der Waals surface area contributed by atoms with E-state index in [4.69, 9.17) is 5.11 Å². The van der Waals surface area contributed by atoms with Gasteiger partial charge in [0.15, 0.2) is 0 Å². The summed E-state index contributed by atoms with van der Waals surface area (Å²) >= 11 is 1.69. The lowest BCUT2D eigenvalue weighted by Gasteiger charge is -2.21. The van der Waals surface area contributed by atoms with Gasteiger partial charge >= 0.3 is 0 Å². The van der Waals surface area contributed by atoms with Gasteiger partial charge in [-0.2, -0.15) is 11.8 Å². The maximum Gasteiger partial charge on any atom is 0.0564 e. The minimum Gasteiger partial charge on any atom is -0.395 e. The highest BCUT2D eigenvalue weighted by Crippen LogP contribution is 2.10. The molecule has 2 N–H and O–H groups in total. The highest BCUT2D eigenvalue weighted by atomic mass is 32.2. The van der Waals surface area contributed by atoms with E-state index in [-0.39, 0.29) is 11.9 Å². The average Bonchev–Trinajstić information content (AvgIpc) is 2.29. The van der Waals surface area contributed by atoms with Crippen LogP contribution in [0.4, 0.5) is 0 Å². The van der Waals surface area contributed by atoms with Gasteiger partial charge in [0, 0.05) is 30.2 Å². The second-order valence-electron chi connectivity index (χ2n) is 3.49. The molecule has 4 heteroatoms. The Hall–Kier alpha value is -0.580. The van der Waals surface area contributed by atoms with Gasteiger partial charge in [0.1, 0.15) is 0 Å². The van der Waals surface area contributed by atoms with E-state index < -0.39 is 0 Å². The monoisotopic (exact) mass is 226 g/mol. The quantitative estimate of drug-likeness (QED) is 0.767. The molecule has 1 aromatic rings. The molecule has 84 valence electrons. The Balaban J connectivity index is 2.36. The van der Waals surface area contributed by atoms with Crippen LogP contribution in [0.3, 0.4) is 0 Å². The molecule has 0 aliphatic carbocycles. The van der Waals surface area contributed by atoms with Gasteiger partial charge < -0.3 is 10.4 Å². The maximum atomic E-state index is 9.12.